The van der Waals surface area contributed by atoms with Gasteiger partial charge in [-0.2, -0.15) is 0 Å². The lowest BCUT2D eigenvalue weighted by atomic mass is 10.2. The Kier molecular flexibility index (Phi) is 6.99. The fourth-order valence-corrected chi connectivity index (χ4v) is 3.15. The number of rotatable bonds is 8. The lowest BCUT2D eigenvalue weighted by Gasteiger charge is -2.13. The summed E-state index contributed by atoms with van der Waals surface area (Å²) < 4.78 is 11.4. The van der Waals surface area contributed by atoms with Crippen LogP contribution in [0.5, 0.6) is 11.5 Å². The number of benzene rings is 3. The highest BCUT2D eigenvalue weighted by atomic mass is 35.5. The highest BCUT2D eigenvalue weighted by Gasteiger charge is 2.08. The van der Waals surface area contributed by atoms with Crippen molar-refractivity contribution in [3.05, 3.63) is 93.5 Å². The predicted octanol–water partition coefficient (Wildman–Crippen LogP) is 5.87. The zero-order chi connectivity index (χ0) is 19.1. The molecule has 0 bridgehead atoms. The first-order valence-corrected chi connectivity index (χ1v) is 9.39. The van der Waals surface area contributed by atoms with Crippen LogP contribution in [0.2, 0.25) is 10.0 Å². The van der Waals surface area contributed by atoms with Gasteiger partial charge in [-0.1, -0.05) is 65.7 Å². The van der Waals surface area contributed by atoms with Crippen LogP contribution in [0, 0.1) is 0 Å². The molecule has 5 heteroatoms. The number of ether oxygens (including phenoxy) is 2. The lowest BCUT2D eigenvalue weighted by molar-refractivity contribution is 0.284. The normalized spacial score (nSPS) is 10.6. The Morgan fingerprint density at radius 2 is 1.59 bits per heavy atom. The Morgan fingerprint density at radius 3 is 2.33 bits per heavy atom. The first-order valence-electron chi connectivity index (χ1n) is 8.64. The van der Waals surface area contributed by atoms with Crippen molar-refractivity contribution < 1.29 is 9.47 Å². The van der Waals surface area contributed by atoms with E-state index in [1.807, 2.05) is 42.5 Å². The van der Waals surface area contributed by atoms with Gasteiger partial charge in [-0.3, -0.25) is 0 Å². The van der Waals surface area contributed by atoms with E-state index in [2.05, 4.69) is 17.4 Å². The van der Waals surface area contributed by atoms with Crippen LogP contribution in [-0.2, 0) is 19.7 Å². The van der Waals surface area contributed by atoms with Crippen molar-refractivity contribution in [2.75, 3.05) is 7.11 Å². The largest absolute Gasteiger partial charge is 0.493 e. The summed E-state index contributed by atoms with van der Waals surface area (Å²) in [5, 5.41) is 4.62. The number of nitrogens with one attached hydrogen (secondary N) is 1. The van der Waals surface area contributed by atoms with Crippen LogP contribution in [0.3, 0.4) is 0 Å². The molecular weight excluding hydrogens is 381 g/mol. The van der Waals surface area contributed by atoms with Gasteiger partial charge in [0.1, 0.15) is 6.61 Å². The molecule has 0 aliphatic rings. The summed E-state index contributed by atoms with van der Waals surface area (Å²) >= 11 is 12.1. The second kappa shape index (κ2) is 9.65. The standard InChI is InChI=1S/C22H21Cl2NO2/c1-26-22-11-17(14-25-13-16-5-3-2-4-6-16)7-10-21(22)27-15-18-8-9-19(23)12-20(18)24/h2-12,25H,13-15H2,1H3. The number of halogens is 2. The van der Waals surface area contributed by atoms with Crippen molar-refractivity contribution in [3.63, 3.8) is 0 Å². The summed E-state index contributed by atoms with van der Waals surface area (Å²) in [6.45, 7) is 1.91. The van der Waals surface area contributed by atoms with Crippen LogP contribution in [-0.4, -0.2) is 7.11 Å². The van der Waals surface area contributed by atoms with E-state index >= 15 is 0 Å². The molecule has 0 radical (unpaired) electrons. The van der Waals surface area contributed by atoms with Crippen molar-refractivity contribution in [2.45, 2.75) is 19.7 Å². The molecule has 1 N–H and O–H groups in total. The summed E-state index contributed by atoms with van der Waals surface area (Å²) in [6.07, 6.45) is 0. The van der Waals surface area contributed by atoms with Crippen molar-refractivity contribution in [1.29, 1.82) is 0 Å². The quantitative estimate of drug-likeness (QED) is 0.511. The van der Waals surface area contributed by atoms with Crippen LogP contribution in [0.25, 0.3) is 0 Å². The third-order valence-electron chi connectivity index (χ3n) is 4.13. The predicted molar refractivity (Wildman–Crippen MR) is 111 cm³/mol. The molecule has 3 rings (SSSR count). The molecule has 0 aliphatic heterocycles. The van der Waals surface area contributed by atoms with Crippen LogP contribution in [0.4, 0.5) is 0 Å². The van der Waals surface area contributed by atoms with E-state index in [1.54, 1.807) is 19.2 Å². The van der Waals surface area contributed by atoms with Gasteiger partial charge >= 0.3 is 0 Å². The van der Waals surface area contributed by atoms with Crippen molar-refractivity contribution in [3.8, 4) is 11.5 Å². The van der Waals surface area contributed by atoms with Gasteiger partial charge < -0.3 is 14.8 Å². The molecule has 0 aromatic heterocycles. The van der Waals surface area contributed by atoms with E-state index in [4.69, 9.17) is 32.7 Å². The van der Waals surface area contributed by atoms with Crippen molar-refractivity contribution >= 4 is 23.2 Å². The van der Waals surface area contributed by atoms with Crippen molar-refractivity contribution in [1.82, 2.24) is 5.32 Å². The molecule has 0 atom stereocenters. The average Bonchev–Trinajstić information content (AvgIpc) is 2.68. The fraction of sp³-hybridized carbons (Fsp3) is 0.182. The first kappa shape index (κ1) is 19.6. The Bertz CT molecular complexity index is 885. The van der Waals surface area contributed by atoms with E-state index < -0.39 is 0 Å². The van der Waals surface area contributed by atoms with Gasteiger partial charge in [0.2, 0.25) is 0 Å². The Hall–Kier alpha value is -2.20. The molecule has 140 valence electrons. The molecular formula is C22H21Cl2NO2. The zero-order valence-electron chi connectivity index (χ0n) is 15.0. The van der Waals surface area contributed by atoms with Gasteiger partial charge in [-0.25, -0.2) is 0 Å². The van der Waals surface area contributed by atoms with E-state index in [0.29, 0.717) is 28.2 Å². The Labute approximate surface area is 169 Å². The lowest BCUT2D eigenvalue weighted by Crippen LogP contribution is -2.12. The van der Waals surface area contributed by atoms with Gasteiger partial charge in [0.25, 0.3) is 0 Å². The van der Waals surface area contributed by atoms with Crippen LogP contribution >= 0.6 is 23.2 Å². The minimum Gasteiger partial charge on any atom is -0.493 e. The van der Waals surface area contributed by atoms with Gasteiger partial charge in [-0.05, 0) is 35.4 Å². The number of hydrogen-bond donors (Lipinski definition) is 1. The summed E-state index contributed by atoms with van der Waals surface area (Å²) in [7, 11) is 1.64. The molecule has 3 aromatic carbocycles. The number of hydrogen-bond acceptors (Lipinski definition) is 3. The van der Waals surface area contributed by atoms with Gasteiger partial charge in [0, 0.05) is 28.7 Å². The van der Waals surface area contributed by atoms with Crippen LogP contribution in [0.15, 0.2) is 66.7 Å². The van der Waals surface area contributed by atoms with Gasteiger partial charge in [0.05, 0.1) is 7.11 Å². The van der Waals surface area contributed by atoms with Crippen LogP contribution in [0.1, 0.15) is 16.7 Å². The molecule has 0 saturated carbocycles. The third kappa shape index (κ3) is 5.64. The molecule has 0 unspecified atom stereocenters. The minimum atomic E-state index is 0.345. The molecule has 0 saturated heterocycles. The Balaban J connectivity index is 1.60. The maximum absolute atomic E-state index is 6.20. The SMILES string of the molecule is COc1cc(CNCc2ccccc2)ccc1OCc1ccc(Cl)cc1Cl. The highest BCUT2D eigenvalue weighted by Crippen LogP contribution is 2.30. The molecule has 3 nitrogen and oxygen atoms in total. The fourth-order valence-electron chi connectivity index (χ4n) is 2.68. The molecule has 0 aliphatic carbocycles. The second-order valence-electron chi connectivity index (χ2n) is 6.10. The molecule has 0 fully saturated rings. The molecule has 27 heavy (non-hydrogen) atoms. The Morgan fingerprint density at radius 1 is 0.815 bits per heavy atom. The molecule has 0 spiro atoms. The second-order valence-corrected chi connectivity index (χ2v) is 6.94. The third-order valence-corrected chi connectivity index (χ3v) is 4.71. The van der Waals surface area contributed by atoms with E-state index in [9.17, 15) is 0 Å². The van der Waals surface area contributed by atoms with Crippen molar-refractivity contribution in [2.24, 2.45) is 0 Å². The summed E-state index contributed by atoms with van der Waals surface area (Å²) in [6, 6.07) is 21.6. The minimum absolute atomic E-state index is 0.345. The summed E-state index contributed by atoms with van der Waals surface area (Å²) in [5.74, 6) is 1.37. The van der Waals surface area contributed by atoms with Crippen LogP contribution < -0.4 is 14.8 Å². The van der Waals surface area contributed by atoms with E-state index in [0.717, 1.165) is 24.2 Å². The summed E-state index contributed by atoms with van der Waals surface area (Å²) in [4.78, 5) is 0. The number of methoxy groups -OCH3 is 1. The highest BCUT2D eigenvalue weighted by molar-refractivity contribution is 6.35. The first-order chi connectivity index (χ1) is 13.2. The van der Waals surface area contributed by atoms with Gasteiger partial charge in [0.15, 0.2) is 11.5 Å². The molecule has 0 amide bonds. The monoisotopic (exact) mass is 401 g/mol. The maximum Gasteiger partial charge on any atom is 0.161 e. The maximum atomic E-state index is 6.20. The van der Waals surface area contributed by atoms with Gasteiger partial charge in [-0.15, -0.1) is 0 Å². The molecule has 0 heterocycles. The summed E-state index contributed by atoms with van der Waals surface area (Å²) in [5.41, 5.74) is 3.25. The zero-order valence-corrected chi connectivity index (χ0v) is 16.6. The smallest absolute Gasteiger partial charge is 0.161 e. The van der Waals surface area contributed by atoms with E-state index in [-0.39, 0.29) is 0 Å². The molecule has 3 aromatic rings. The topological polar surface area (TPSA) is 30.5 Å². The van der Waals surface area contributed by atoms with E-state index in [1.165, 1.54) is 5.56 Å². The average molecular weight is 402 g/mol.